The van der Waals surface area contributed by atoms with Gasteiger partial charge in [-0.15, -0.1) is 0 Å². The van der Waals surface area contributed by atoms with Crippen LogP contribution in [0.25, 0.3) is 0 Å². The second kappa shape index (κ2) is 5.55. The number of H-pyrrole nitrogens is 1. The number of aromatic amines is 1. The topological polar surface area (TPSA) is 72.0 Å². The van der Waals surface area contributed by atoms with Crippen LogP contribution in [0.3, 0.4) is 0 Å². The molecule has 1 rings (SSSR count). The molecule has 0 amide bonds. The van der Waals surface area contributed by atoms with Crippen molar-refractivity contribution >= 4 is 29.3 Å². The molecule has 0 aliphatic carbocycles. The second-order valence-electron chi connectivity index (χ2n) is 4.23. The highest BCUT2D eigenvalue weighted by Crippen LogP contribution is 2.21. The van der Waals surface area contributed by atoms with Gasteiger partial charge >= 0.3 is 5.97 Å². The van der Waals surface area contributed by atoms with Gasteiger partial charge in [0.2, 0.25) is 0 Å². The lowest BCUT2D eigenvalue weighted by molar-refractivity contribution is -0.151. The summed E-state index contributed by atoms with van der Waals surface area (Å²) in [5.74, 6) is -0.311. The molecule has 7 heteroatoms. The van der Waals surface area contributed by atoms with Gasteiger partial charge < -0.3 is 9.72 Å². The van der Waals surface area contributed by atoms with E-state index >= 15 is 0 Å². The maximum absolute atomic E-state index is 11.4. The van der Waals surface area contributed by atoms with Crippen molar-refractivity contribution in [1.29, 1.82) is 0 Å². The van der Waals surface area contributed by atoms with E-state index in [-0.39, 0.29) is 16.7 Å². The lowest BCUT2D eigenvalue weighted by Crippen LogP contribution is -2.25. The molecular weight excluding hydrogens is 264 g/mol. The van der Waals surface area contributed by atoms with Gasteiger partial charge in [0.25, 0.3) is 5.56 Å². The zero-order valence-corrected chi connectivity index (χ0v) is 11.3. The van der Waals surface area contributed by atoms with Gasteiger partial charge in [0, 0.05) is 0 Å². The normalized spacial score (nSPS) is 11.3. The number of nitrogens with zero attached hydrogens (tertiary/aromatic N) is 1. The Hall–Kier alpha value is -1.01. The first-order valence-corrected chi connectivity index (χ1v) is 6.24. The number of carbonyl (C=O) groups excluding carboxylic acids is 1. The number of thioether (sulfide) groups is 1. The van der Waals surface area contributed by atoms with Crippen LogP contribution in [0.1, 0.15) is 20.8 Å². The molecular formula is C10H13ClN2O3S. The number of aromatic nitrogens is 2. The average Bonchev–Trinajstić information content (AvgIpc) is 2.18. The zero-order valence-electron chi connectivity index (χ0n) is 9.74. The van der Waals surface area contributed by atoms with E-state index in [4.69, 9.17) is 16.3 Å². The minimum absolute atomic E-state index is 0.0129. The highest BCUT2D eigenvalue weighted by atomic mass is 35.5. The molecule has 94 valence electrons. The minimum atomic E-state index is -0.525. The van der Waals surface area contributed by atoms with Crippen LogP contribution in [-0.2, 0) is 9.53 Å². The Morgan fingerprint density at radius 1 is 1.59 bits per heavy atom. The van der Waals surface area contributed by atoms with Gasteiger partial charge in [-0.2, -0.15) is 0 Å². The van der Waals surface area contributed by atoms with Gasteiger partial charge in [0.05, 0.1) is 12.1 Å². The van der Waals surface area contributed by atoms with E-state index in [1.54, 1.807) is 20.8 Å². The molecule has 0 bridgehead atoms. The number of ether oxygens (including phenoxy) is 1. The summed E-state index contributed by atoms with van der Waals surface area (Å²) in [4.78, 5) is 28.8. The Balaban J connectivity index is 2.60. The van der Waals surface area contributed by atoms with Gasteiger partial charge in [-0.25, -0.2) is 4.98 Å². The van der Waals surface area contributed by atoms with E-state index in [1.807, 2.05) is 0 Å². The molecule has 0 spiro atoms. The average molecular weight is 277 g/mol. The van der Waals surface area contributed by atoms with E-state index < -0.39 is 11.2 Å². The highest BCUT2D eigenvalue weighted by Gasteiger charge is 2.17. The molecule has 1 N–H and O–H groups in total. The molecule has 1 heterocycles. The fraction of sp³-hybridized carbons (Fsp3) is 0.500. The standard InChI is InChI=1S/C10H13ClN2O3S/c1-10(2,3)16-6(14)4-17-9-7(11)8(15)12-5-13-9/h5H,4H2,1-3H3,(H,12,13,15). The molecule has 1 aromatic heterocycles. The molecule has 0 aliphatic rings. The Bertz CT molecular complexity index is 467. The summed E-state index contributed by atoms with van der Waals surface area (Å²) in [5.41, 5.74) is -0.948. The third kappa shape index (κ3) is 4.79. The maximum Gasteiger partial charge on any atom is 0.316 e. The molecule has 0 fully saturated rings. The van der Waals surface area contributed by atoms with Crippen molar-refractivity contribution in [2.75, 3.05) is 5.75 Å². The van der Waals surface area contributed by atoms with Crippen LogP contribution in [0.4, 0.5) is 0 Å². The predicted molar refractivity (Wildman–Crippen MR) is 66.4 cm³/mol. The first kappa shape index (κ1) is 14.1. The van der Waals surface area contributed by atoms with Crippen molar-refractivity contribution in [3.8, 4) is 0 Å². The summed E-state index contributed by atoms with van der Waals surface area (Å²) in [7, 11) is 0. The molecule has 0 saturated heterocycles. The summed E-state index contributed by atoms with van der Waals surface area (Å²) in [5, 5.41) is 0.308. The summed E-state index contributed by atoms with van der Waals surface area (Å²) in [6, 6.07) is 0. The number of halogens is 1. The van der Waals surface area contributed by atoms with Crippen molar-refractivity contribution in [3.05, 3.63) is 21.7 Å². The number of carbonyl (C=O) groups is 1. The van der Waals surface area contributed by atoms with E-state index in [1.165, 1.54) is 6.33 Å². The maximum atomic E-state index is 11.4. The van der Waals surface area contributed by atoms with Crippen LogP contribution in [0.2, 0.25) is 5.02 Å². The van der Waals surface area contributed by atoms with Crippen LogP contribution in [0.5, 0.6) is 0 Å². The zero-order chi connectivity index (χ0) is 13.1. The van der Waals surface area contributed by atoms with Crippen LogP contribution >= 0.6 is 23.4 Å². The van der Waals surface area contributed by atoms with Crippen molar-refractivity contribution in [2.45, 2.75) is 31.4 Å². The van der Waals surface area contributed by atoms with Crippen molar-refractivity contribution < 1.29 is 9.53 Å². The lowest BCUT2D eigenvalue weighted by Gasteiger charge is -2.19. The van der Waals surface area contributed by atoms with E-state index in [2.05, 4.69) is 9.97 Å². The van der Waals surface area contributed by atoms with Crippen LogP contribution in [0, 0.1) is 0 Å². The fourth-order valence-corrected chi connectivity index (χ4v) is 1.89. The van der Waals surface area contributed by atoms with Gasteiger partial charge in [-0.05, 0) is 20.8 Å². The molecule has 1 aromatic rings. The molecule has 0 radical (unpaired) electrons. The Morgan fingerprint density at radius 2 is 2.24 bits per heavy atom. The number of rotatable bonds is 3. The Morgan fingerprint density at radius 3 is 2.82 bits per heavy atom. The molecule has 0 atom stereocenters. The Labute approximate surface area is 108 Å². The number of hydrogen-bond donors (Lipinski definition) is 1. The van der Waals surface area contributed by atoms with E-state index in [0.717, 1.165) is 11.8 Å². The summed E-state index contributed by atoms with van der Waals surface area (Å²) in [6.07, 6.45) is 1.24. The van der Waals surface area contributed by atoms with Gasteiger partial charge in [-0.1, -0.05) is 23.4 Å². The number of nitrogens with one attached hydrogen (secondary N) is 1. The SMILES string of the molecule is CC(C)(C)OC(=O)CSc1nc[nH]c(=O)c1Cl. The molecule has 0 aliphatic heterocycles. The largest absolute Gasteiger partial charge is 0.459 e. The second-order valence-corrected chi connectivity index (χ2v) is 5.57. The third-order valence-electron chi connectivity index (χ3n) is 1.51. The first-order valence-electron chi connectivity index (χ1n) is 4.87. The highest BCUT2D eigenvalue weighted by molar-refractivity contribution is 8.00. The molecule has 17 heavy (non-hydrogen) atoms. The molecule has 0 unspecified atom stereocenters. The summed E-state index contributed by atoms with van der Waals surface area (Å²) < 4.78 is 5.11. The molecule has 0 aromatic carbocycles. The van der Waals surface area contributed by atoms with Crippen molar-refractivity contribution in [1.82, 2.24) is 9.97 Å². The molecule has 0 saturated carbocycles. The third-order valence-corrected chi connectivity index (χ3v) is 2.94. The van der Waals surface area contributed by atoms with Crippen LogP contribution in [-0.4, -0.2) is 27.3 Å². The van der Waals surface area contributed by atoms with Crippen molar-refractivity contribution in [2.24, 2.45) is 0 Å². The summed E-state index contributed by atoms with van der Waals surface area (Å²) in [6.45, 7) is 5.36. The van der Waals surface area contributed by atoms with Crippen LogP contribution in [0.15, 0.2) is 16.1 Å². The molecule has 5 nitrogen and oxygen atoms in total. The lowest BCUT2D eigenvalue weighted by atomic mass is 10.2. The van der Waals surface area contributed by atoms with Gasteiger partial charge in [0.15, 0.2) is 0 Å². The fourth-order valence-electron chi connectivity index (χ4n) is 0.966. The van der Waals surface area contributed by atoms with Crippen LogP contribution < -0.4 is 5.56 Å². The smallest absolute Gasteiger partial charge is 0.316 e. The van der Waals surface area contributed by atoms with E-state index in [0.29, 0.717) is 5.03 Å². The van der Waals surface area contributed by atoms with Gasteiger partial charge in [0.1, 0.15) is 15.6 Å². The van der Waals surface area contributed by atoms with E-state index in [9.17, 15) is 9.59 Å². The summed E-state index contributed by atoms with van der Waals surface area (Å²) >= 11 is 6.80. The van der Waals surface area contributed by atoms with Crippen molar-refractivity contribution in [3.63, 3.8) is 0 Å². The minimum Gasteiger partial charge on any atom is -0.459 e. The monoisotopic (exact) mass is 276 g/mol. The quantitative estimate of drug-likeness (QED) is 0.518. The first-order chi connectivity index (χ1) is 7.79. The number of hydrogen-bond acceptors (Lipinski definition) is 5. The van der Waals surface area contributed by atoms with Gasteiger partial charge in [-0.3, -0.25) is 9.59 Å². The Kier molecular flexibility index (Phi) is 4.59. The predicted octanol–water partition coefficient (Wildman–Crippen LogP) is 1.86. The number of esters is 1.